The molecule has 420 valence electrons. The molecule has 0 aromatic carbocycles. The van der Waals surface area contributed by atoms with Crippen LogP contribution in [0.15, 0.2) is 60.8 Å². The van der Waals surface area contributed by atoms with Gasteiger partial charge in [-0.15, -0.1) is 0 Å². The molecule has 9 nitrogen and oxygen atoms in total. The zero-order valence-corrected chi connectivity index (χ0v) is 46.7. The van der Waals surface area contributed by atoms with Gasteiger partial charge in [0, 0.05) is 6.42 Å². The number of allylic oxidation sites excluding steroid dienone is 10. The summed E-state index contributed by atoms with van der Waals surface area (Å²) in [7, 11) is 0. The average molecular weight is 1010 g/mol. The second-order valence-electron chi connectivity index (χ2n) is 21.1. The van der Waals surface area contributed by atoms with Gasteiger partial charge in [-0.2, -0.15) is 0 Å². The van der Waals surface area contributed by atoms with Crippen LogP contribution in [0.1, 0.15) is 277 Å². The van der Waals surface area contributed by atoms with E-state index in [0.717, 1.165) is 57.8 Å². The zero-order chi connectivity index (χ0) is 52.2. The lowest BCUT2D eigenvalue weighted by molar-refractivity contribution is -0.302. The topological polar surface area (TPSA) is 149 Å². The highest BCUT2D eigenvalue weighted by Gasteiger charge is 2.44. The molecule has 6 N–H and O–H groups in total. The van der Waals surface area contributed by atoms with E-state index in [4.69, 9.17) is 9.47 Å². The second-order valence-corrected chi connectivity index (χ2v) is 21.1. The lowest BCUT2D eigenvalue weighted by Crippen LogP contribution is -2.60. The minimum atomic E-state index is -1.57. The van der Waals surface area contributed by atoms with Crippen LogP contribution in [-0.4, -0.2) is 87.5 Å². The predicted octanol–water partition coefficient (Wildman–Crippen LogP) is 15.5. The molecule has 0 spiro atoms. The Bertz CT molecular complexity index is 1310. The average Bonchev–Trinajstić information content (AvgIpc) is 3.38. The Morgan fingerprint density at radius 1 is 0.486 bits per heavy atom. The van der Waals surface area contributed by atoms with Crippen LogP contribution in [0.4, 0.5) is 0 Å². The summed E-state index contributed by atoms with van der Waals surface area (Å²) in [5, 5.41) is 54.6. The number of nitrogens with one attached hydrogen (secondary N) is 1. The van der Waals surface area contributed by atoms with E-state index in [1.54, 1.807) is 0 Å². The molecule has 0 radical (unpaired) electrons. The fourth-order valence-corrected chi connectivity index (χ4v) is 9.61. The lowest BCUT2D eigenvalue weighted by atomic mass is 9.99. The second kappa shape index (κ2) is 52.3. The zero-order valence-electron chi connectivity index (χ0n) is 46.7. The summed E-state index contributed by atoms with van der Waals surface area (Å²) < 4.78 is 11.3. The van der Waals surface area contributed by atoms with Crippen molar-refractivity contribution in [3.05, 3.63) is 60.8 Å². The molecule has 0 aromatic heterocycles. The number of carbonyl (C=O) groups excluding carboxylic acids is 1. The first-order valence-corrected chi connectivity index (χ1v) is 30.5. The summed E-state index contributed by atoms with van der Waals surface area (Å²) in [6.07, 6.45) is 64.3. The summed E-state index contributed by atoms with van der Waals surface area (Å²) in [5.41, 5.74) is 0. The van der Waals surface area contributed by atoms with Gasteiger partial charge in [0.2, 0.25) is 5.91 Å². The van der Waals surface area contributed by atoms with Crippen LogP contribution in [0.25, 0.3) is 0 Å². The van der Waals surface area contributed by atoms with Gasteiger partial charge in [-0.25, -0.2) is 0 Å². The maximum atomic E-state index is 13.0. The van der Waals surface area contributed by atoms with Crippen LogP contribution in [0.5, 0.6) is 0 Å². The van der Waals surface area contributed by atoms with Crippen molar-refractivity contribution in [2.75, 3.05) is 13.2 Å². The van der Waals surface area contributed by atoms with Gasteiger partial charge in [0.15, 0.2) is 6.29 Å². The quantitative estimate of drug-likeness (QED) is 0.0261. The molecular weight excluding hydrogens is 899 g/mol. The Labute approximate surface area is 443 Å². The molecule has 1 aliphatic heterocycles. The molecule has 1 aliphatic rings. The van der Waals surface area contributed by atoms with Gasteiger partial charge >= 0.3 is 0 Å². The Kier molecular flexibility index (Phi) is 49.4. The third-order valence-corrected chi connectivity index (χ3v) is 14.4. The first-order chi connectivity index (χ1) is 35.3. The maximum Gasteiger partial charge on any atom is 0.220 e. The first-order valence-electron chi connectivity index (χ1n) is 30.5. The van der Waals surface area contributed by atoms with E-state index in [1.807, 2.05) is 0 Å². The molecule has 7 atom stereocenters. The molecule has 1 saturated heterocycles. The highest BCUT2D eigenvalue weighted by molar-refractivity contribution is 5.76. The van der Waals surface area contributed by atoms with Crippen LogP contribution in [-0.2, 0) is 14.3 Å². The molecule has 0 saturated carbocycles. The Hall–Kier alpha value is -2.11. The molecule has 72 heavy (non-hydrogen) atoms. The van der Waals surface area contributed by atoms with Gasteiger partial charge < -0.3 is 40.3 Å². The van der Waals surface area contributed by atoms with Crippen molar-refractivity contribution >= 4 is 5.91 Å². The summed E-state index contributed by atoms with van der Waals surface area (Å²) >= 11 is 0. The van der Waals surface area contributed by atoms with Crippen molar-refractivity contribution < 1.29 is 39.8 Å². The van der Waals surface area contributed by atoms with E-state index in [9.17, 15) is 30.3 Å². The number of rotatable bonds is 52. The van der Waals surface area contributed by atoms with Gasteiger partial charge in [-0.3, -0.25) is 4.79 Å². The smallest absolute Gasteiger partial charge is 0.220 e. The van der Waals surface area contributed by atoms with Crippen LogP contribution >= 0.6 is 0 Å². The van der Waals surface area contributed by atoms with Crippen molar-refractivity contribution in [2.24, 2.45) is 0 Å². The largest absolute Gasteiger partial charge is 0.394 e. The van der Waals surface area contributed by atoms with E-state index in [2.05, 4.69) is 79.9 Å². The van der Waals surface area contributed by atoms with E-state index >= 15 is 0 Å². The minimum Gasteiger partial charge on any atom is -0.394 e. The van der Waals surface area contributed by atoms with E-state index in [-0.39, 0.29) is 18.9 Å². The summed E-state index contributed by atoms with van der Waals surface area (Å²) in [5.74, 6) is -0.199. The number of hydrogen-bond donors (Lipinski definition) is 6. The fraction of sp³-hybridized carbons (Fsp3) is 0.825. The number of aliphatic hydroxyl groups is 5. The van der Waals surface area contributed by atoms with Crippen molar-refractivity contribution in [2.45, 2.75) is 320 Å². The molecule has 7 unspecified atom stereocenters. The first kappa shape index (κ1) is 67.9. The van der Waals surface area contributed by atoms with Crippen molar-refractivity contribution in [1.29, 1.82) is 0 Å². The van der Waals surface area contributed by atoms with Crippen LogP contribution in [0.2, 0.25) is 0 Å². The summed E-state index contributed by atoms with van der Waals surface area (Å²) in [4.78, 5) is 13.0. The van der Waals surface area contributed by atoms with E-state index < -0.39 is 49.5 Å². The van der Waals surface area contributed by atoms with Crippen molar-refractivity contribution in [3.8, 4) is 0 Å². The number of aliphatic hydroxyl groups excluding tert-OH is 5. The number of carbonyl (C=O) groups is 1. The molecule has 1 amide bonds. The molecule has 0 bridgehead atoms. The van der Waals surface area contributed by atoms with E-state index in [0.29, 0.717) is 12.8 Å². The summed E-state index contributed by atoms with van der Waals surface area (Å²) in [6, 6.07) is -0.753. The monoisotopic (exact) mass is 1010 g/mol. The third-order valence-electron chi connectivity index (χ3n) is 14.4. The van der Waals surface area contributed by atoms with Gasteiger partial charge in [-0.1, -0.05) is 280 Å². The van der Waals surface area contributed by atoms with Gasteiger partial charge in [0.1, 0.15) is 24.4 Å². The molecule has 9 heteroatoms. The number of hydrogen-bond acceptors (Lipinski definition) is 8. The maximum absolute atomic E-state index is 13.0. The Morgan fingerprint density at radius 3 is 1.22 bits per heavy atom. The SMILES string of the molecule is CC/C=C\C/C=C\C/C=C\C/C=C\C/C=C\CCCC(=O)NC(COC1OC(CO)C(O)C(O)C1O)C(O)CCCCCCCCCCCCCCCCCCCCCCCCCCCCCCCCCC. The van der Waals surface area contributed by atoms with Crippen LogP contribution in [0, 0.1) is 0 Å². The standard InChI is InChI=1S/C63H115NO8/c1-3-5-7-9-11-13-15-17-19-21-22-23-24-25-26-27-28-29-30-31-32-33-34-35-37-38-40-42-44-46-48-50-52-57(66)56(55-71-63-62(70)61(69)60(68)58(54-65)72-63)64-59(67)53-51-49-47-45-43-41-39-36-20-18-16-14-12-10-8-6-4-2/h6,8,12,14,18,20,39,41,45,47,56-58,60-63,65-66,68-70H,3-5,7,9-11,13,15-17,19,21-38,40,42-44,46,48-55H2,1-2H3,(H,64,67)/b8-6-,14-12-,20-18-,41-39-,47-45-. The number of unbranched alkanes of at least 4 members (excludes halogenated alkanes) is 32. The van der Waals surface area contributed by atoms with Gasteiger partial charge in [0.05, 0.1) is 25.4 Å². The van der Waals surface area contributed by atoms with Gasteiger partial charge in [-0.05, 0) is 51.4 Å². The summed E-state index contributed by atoms with van der Waals surface area (Å²) in [6.45, 7) is 3.71. The lowest BCUT2D eigenvalue weighted by Gasteiger charge is -2.40. The minimum absolute atomic E-state index is 0.163. The Balaban J connectivity index is 2.15. The molecule has 1 heterocycles. The fourth-order valence-electron chi connectivity index (χ4n) is 9.61. The molecule has 0 aliphatic carbocycles. The predicted molar refractivity (Wildman–Crippen MR) is 304 cm³/mol. The van der Waals surface area contributed by atoms with E-state index in [1.165, 1.54) is 186 Å². The van der Waals surface area contributed by atoms with Gasteiger partial charge in [0.25, 0.3) is 0 Å². The highest BCUT2D eigenvalue weighted by atomic mass is 16.7. The molecule has 0 aromatic rings. The van der Waals surface area contributed by atoms with Crippen molar-refractivity contribution in [3.63, 3.8) is 0 Å². The third kappa shape index (κ3) is 41.2. The molecule has 1 rings (SSSR count). The number of amides is 1. The van der Waals surface area contributed by atoms with Crippen LogP contribution < -0.4 is 5.32 Å². The number of ether oxygens (including phenoxy) is 2. The van der Waals surface area contributed by atoms with Crippen molar-refractivity contribution in [1.82, 2.24) is 5.32 Å². The Morgan fingerprint density at radius 2 is 0.847 bits per heavy atom. The van der Waals surface area contributed by atoms with Crippen LogP contribution in [0.3, 0.4) is 0 Å². The molecule has 1 fully saturated rings. The normalized spacial score (nSPS) is 19.6. The highest BCUT2D eigenvalue weighted by Crippen LogP contribution is 2.23. The molecular formula is C63H115NO8.